The minimum Gasteiger partial charge on any atom is -0.280 e. The van der Waals surface area contributed by atoms with Crippen LogP contribution < -0.4 is 5.32 Å². The number of hydrogen-bond acceptors (Lipinski definition) is 0. The predicted molar refractivity (Wildman–Crippen MR) is 65.5 cm³/mol. The molecule has 0 fully saturated rings. The fraction of sp³-hybridized carbons (Fsp3) is 0.286. The van der Waals surface area contributed by atoms with Crippen molar-refractivity contribution in [1.82, 2.24) is 5.32 Å². The van der Waals surface area contributed by atoms with Gasteiger partial charge in [-0.1, -0.05) is 30.3 Å². The van der Waals surface area contributed by atoms with E-state index < -0.39 is 0 Å². The van der Waals surface area contributed by atoms with Crippen LogP contribution in [0.1, 0.15) is 20.8 Å². The average Bonchev–Trinajstić information content (AvgIpc) is 2.15. The maximum Gasteiger partial charge on any atom is 0.0587 e. The van der Waals surface area contributed by atoms with Gasteiger partial charge in [0, 0.05) is 0 Å². The molecule has 15 heavy (non-hydrogen) atoms. The van der Waals surface area contributed by atoms with Crippen LogP contribution >= 0.6 is 0 Å². The molecule has 0 spiro atoms. The van der Waals surface area contributed by atoms with Crippen molar-refractivity contribution < 1.29 is 0 Å². The van der Waals surface area contributed by atoms with Crippen molar-refractivity contribution in [3.05, 3.63) is 42.5 Å². The molecule has 0 saturated heterocycles. The highest BCUT2D eigenvalue weighted by Gasteiger charge is 2.11. The van der Waals surface area contributed by atoms with Gasteiger partial charge >= 0.3 is 0 Å². The fourth-order valence-electron chi connectivity index (χ4n) is 1.63. The fourth-order valence-corrected chi connectivity index (χ4v) is 1.63. The van der Waals surface area contributed by atoms with Crippen molar-refractivity contribution in [3.63, 3.8) is 0 Å². The summed E-state index contributed by atoms with van der Waals surface area (Å²) in [7, 11) is 0. The van der Waals surface area contributed by atoms with Gasteiger partial charge in [0.15, 0.2) is 0 Å². The zero-order chi connectivity index (χ0) is 10.9. The normalized spacial score (nSPS) is 11.7. The quantitative estimate of drug-likeness (QED) is 0.660. The summed E-state index contributed by atoms with van der Waals surface area (Å²) in [6.45, 7) is 6.34. The van der Waals surface area contributed by atoms with Crippen LogP contribution in [0.2, 0.25) is 0 Å². The van der Waals surface area contributed by atoms with Crippen molar-refractivity contribution in [3.8, 4) is 0 Å². The molecule has 1 nitrogen and oxygen atoms in total. The van der Waals surface area contributed by atoms with E-state index in [9.17, 15) is 0 Å². The Morgan fingerprint density at radius 3 is 2.20 bits per heavy atom. The van der Waals surface area contributed by atoms with Crippen LogP contribution in [0.3, 0.4) is 0 Å². The summed E-state index contributed by atoms with van der Waals surface area (Å²) in [5, 5.41) is 7.16. The maximum absolute atomic E-state index is 4.64. The monoisotopic (exact) mass is 198 g/mol. The molecule has 0 aliphatic carbocycles. The molecule has 0 aliphatic rings. The molecule has 1 heteroatoms. The Morgan fingerprint density at radius 1 is 0.867 bits per heavy atom. The van der Waals surface area contributed by atoms with Crippen LogP contribution in [0.5, 0.6) is 0 Å². The Labute approximate surface area is 91.1 Å². The van der Waals surface area contributed by atoms with Crippen molar-refractivity contribution in [2.75, 3.05) is 0 Å². The van der Waals surface area contributed by atoms with E-state index in [2.05, 4.69) is 68.6 Å². The van der Waals surface area contributed by atoms with E-state index in [0.717, 1.165) is 5.69 Å². The summed E-state index contributed by atoms with van der Waals surface area (Å²) < 4.78 is 0. The number of rotatable bonds is 1. The summed E-state index contributed by atoms with van der Waals surface area (Å²) >= 11 is 0. The van der Waals surface area contributed by atoms with E-state index in [0.29, 0.717) is 0 Å². The third-order valence-electron chi connectivity index (χ3n) is 2.20. The van der Waals surface area contributed by atoms with E-state index in [4.69, 9.17) is 0 Å². The number of fused-ring (bicyclic) bond motifs is 1. The molecular weight excluding hydrogens is 182 g/mol. The molecule has 0 unspecified atom stereocenters. The van der Waals surface area contributed by atoms with Gasteiger partial charge < -0.3 is 0 Å². The Hall–Kier alpha value is -1.50. The third-order valence-corrected chi connectivity index (χ3v) is 2.20. The molecule has 0 aromatic heterocycles. The minimum absolute atomic E-state index is 0.0115. The molecular formula is C14H16N. The second-order valence-electron chi connectivity index (χ2n) is 4.81. The van der Waals surface area contributed by atoms with E-state index in [1.54, 1.807) is 0 Å². The highest BCUT2D eigenvalue weighted by molar-refractivity contribution is 5.84. The summed E-state index contributed by atoms with van der Waals surface area (Å²) in [5.41, 5.74) is 1.05. The molecule has 1 radical (unpaired) electrons. The lowest BCUT2D eigenvalue weighted by atomic mass is 10.1. The van der Waals surface area contributed by atoms with Gasteiger partial charge in [-0.25, -0.2) is 0 Å². The van der Waals surface area contributed by atoms with E-state index in [1.165, 1.54) is 10.8 Å². The van der Waals surface area contributed by atoms with E-state index in [1.807, 2.05) is 0 Å². The molecule has 77 valence electrons. The smallest absolute Gasteiger partial charge is 0.0587 e. The van der Waals surface area contributed by atoms with Crippen LogP contribution in [0.4, 0.5) is 5.69 Å². The lowest BCUT2D eigenvalue weighted by Crippen LogP contribution is -2.24. The molecule has 0 amide bonds. The highest BCUT2D eigenvalue weighted by Crippen LogP contribution is 2.21. The molecule has 2 rings (SSSR count). The molecule has 2 aromatic carbocycles. The van der Waals surface area contributed by atoms with Gasteiger partial charge in [-0.05, 0) is 43.7 Å². The average molecular weight is 198 g/mol. The van der Waals surface area contributed by atoms with Crippen LogP contribution in [0.25, 0.3) is 10.8 Å². The molecule has 0 aliphatic heterocycles. The maximum atomic E-state index is 4.64. The lowest BCUT2D eigenvalue weighted by Gasteiger charge is -2.18. The molecule has 0 N–H and O–H groups in total. The number of benzene rings is 2. The highest BCUT2D eigenvalue weighted by atomic mass is 14.9. The van der Waals surface area contributed by atoms with E-state index >= 15 is 0 Å². The van der Waals surface area contributed by atoms with Gasteiger partial charge in [-0.2, -0.15) is 0 Å². The Bertz CT molecular complexity index is 466. The molecule has 0 heterocycles. The zero-order valence-electron chi connectivity index (χ0n) is 9.49. The SMILES string of the molecule is CC(C)(C)[N]c1ccc2ccccc2c1. The Balaban J connectivity index is 2.39. The van der Waals surface area contributed by atoms with Crippen LogP contribution in [0, 0.1) is 0 Å². The topological polar surface area (TPSA) is 14.1 Å². The third kappa shape index (κ3) is 2.50. The van der Waals surface area contributed by atoms with Crippen molar-refractivity contribution in [2.45, 2.75) is 26.3 Å². The van der Waals surface area contributed by atoms with Crippen LogP contribution in [-0.2, 0) is 0 Å². The molecule has 0 bridgehead atoms. The van der Waals surface area contributed by atoms with E-state index in [-0.39, 0.29) is 5.54 Å². The lowest BCUT2D eigenvalue weighted by molar-refractivity contribution is 0.488. The van der Waals surface area contributed by atoms with Crippen molar-refractivity contribution in [1.29, 1.82) is 0 Å². The van der Waals surface area contributed by atoms with Gasteiger partial charge in [0.1, 0.15) is 0 Å². The second-order valence-corrected chi connectivity index (χ2v) is 4.81. The first-order valence-corrected chi connectivity index (χ1v) is 5.26. The molecule has 0 saturated carbocycles. The molecule has 2 aromatic rings. The van der Waals surface area contributed by atoms with Gasteiger partial charge in [0.05, 0.1) is 11.2 Å². The summed E-state index contributed by atoms with van der Waals surface area (Å²) in [4.78, 5) is 0. The first kappa shape index (κ1) is 10.0. The summed E-state index contributed by atoms with van der Waals surface area (Å²) in [6.07, 6.45) is 0. The predicted octanol–water partition coefficient (Wildman–Crippen LogP) is 3.87. The van der Waals surface area contributed by atoms with Gasteiger partial charge in [0.25, 0.3) is 0 Å². The standard InChI is InChI=1S/C14H16N/c1-14(2,3)15-13-9-8-11-6-4-5-7-12(11)10-13/h4-10H,1-3H3. The number of nitrogens with zero attached hydrogens (tertiary/aromatic N) is 1. The van der Waals surface area contributed by atoms with Crippen LogP contribution in [0.15, 0.2) is 42.5 Å². The van der Waals surface area contributed by atoms with Crippen LogP contribution in [-0.4, -0.2) is 5.54 Å². The minimum atomic E-state index is -0.0115. The largest absolute Gasteiger partial charge is 0.280 e. The molecule has 0 atom stereocenters. The van der Waals surface area contributed by atoms with Gasteiger partial charge in [0.2, 0.25) is 0 Å². The first-order chi connectivity index (χ1) is 7.04. The second kappa shape index (κ2) is 3.58. The first-order valence-electron chi connectivity index (χ1n) is 5.26. The summed E-state index contributed by atoms with van der Waals surface area (Å²) in [5.74, 6) is 0. The van der Waals surface area contributed by atoms with Crippen molar-refractivity contribution >= 4 is 16.5 Å². The number of hydrogen-bond donors (Lipinski definition) is 0. The summed E-state index contributed by atoms with van der Waals surface area (Å²) in [6, 6.07) is 14.7. The van der Waals surface area contributed by atoms with Gasteiger partial charge in [-0.15, -0.1) is 0 Å². The Morgan fingerprint density at radius 2 is 1.53 bits per heavy atom. The Kier molecular flexibility index (Phi) is 2.39. The zero-order valence-corrected chi connectivity index (χ0v) is 9.49. The van der Waals surface area contributed by atoms with Crippen molar-refractivity contribution in [2.24, 2.45) is 0 Å². The van der Waals surface area contributed by atoms with Gasteiger partial charge in [-0.3, -0.25) is 5.32 Å².